The van der Waals surface area contributed by atoms with Gasteiger partial charge < -0.3 is 4.74 Å². The predicted molar refractivity (Wildman–Crippen MR) is 85.2 cm³/mol. The Labute approximate surface area is 125 Å². The normalized spacial score (nSPS) is 10.6. The molecule has 2 nitrogen and oxygen atoms in total. The molecule has 1 aromatic heterocycles. The molecule has 2 aromatic carbocycles. The standard InChI is InChI=1S/C16H12INO/c17-14-9-13-7-4-8-15(16(13)18-10-14)19-11-12-5-2-1-3-6-12/h1-10H,11H2. The minimum atomic E-state index is 0.563. The number of para-hydroxylation sites is 1. The topological polar surface area (TPSA) is 22.1 Å². The molecule has 3 heteroatoms. The second-order valence-electron chi connectivity index (χ2n) is 4.26. The fraction of sp³-hybridized carbons (Fsp3) is 0.0625. The van der Waals surface area contributed by atoms with E-state index in [4.69, 9.17) is 4.74 Å². The van der Waals surface area contributed by atoms with Crippen LogP contribution >= 0.6 is 22.6 Å². The molecule has 3 aromatic rings. The van der Waals surface area contributed by atoms with Crippen LogP contribution in [0.5, 0.6) is 5.75 Å². The van der Waals surface area contributed by atoms with E-state index in [1.54, 1.807) is 0 Å². The van der Waals surface area contributed by atoms with Crippen molar-refractivity contribution in [3.05, 3.63) is 69.9 Å². The maximum absolute atomic E-state index is 5.88. The summed E-state index contributed by atoms with van der Waals surface area (Å²) in [6.07, 6.45) is 1.86. The van der Waals surface area contributed by atoms with E-state index in [0.29, 0.717) is 6.61 Å². The molecule has 0 bridgehead atoms. The Morgan fingerprint density at radius 3 is 2.68 bits per heavy atom. The van der Waals surface area contributed by atoms with Crippen LogP contribution < -0.4 is 4.74 Å². The number of aromatic nitrogens is 1. The number of ether oxygens (including phenoxy) is 1. The highest BCUT2D eigenvalue weighted by molar-refractivity contribution is 14.1. The van der Waals surface area contributed by atoms with Gasteiger partial charge in [-0.15, -0.1) is 0 Å². The van der Waals surface area contributed by atoms with E-state index in [1.807, 2.05) is 36.5 Å². The lowest BCUT2D eigenvalue weighted by Gasteiger charge is -2.08. The van der Waals surface area contributed by atoms with Gasteiger partial charge in [-0.1, -0.05) is 42.5 Å². The fourth-order valence-electron chi connectivity index (χ4n) is 1.96. The highest BCUT2D eigenvalue weighted by Gasteiger charge is 2.04. The summed E-state index contributed by atoms with van der Waals surface area (Å²) < 4.78 is 7.01. The van der Waals surface area contributed by atoms with Gasteiger partial charge in [0, 0.05) is 15.2 Å². The third-order valence-corrected chi connectivity index (χ3v) is 3.47. The minimum absolute atomic E-state index is 0.563. The van der Waals surface area contributed by atoms with Crippen molar-refractivity contribution in [1.29, 1.82) is 0 Å². The number of benzene rings is 2. The van der Waals surface area contributed by atoms with Gasteiger partial charge in [-0.25, -0.2) is 0 Å². The first kappa shape index (κ1) is 12.4. The molecule has 0 radical (unpaired) electrons. The van der Waals surface area contributed by atoms with Gasteiger partial charge in [-0.2, -0.15) is 0 Å². The quantitative estimate of drug-likeness (QED) is 0.645. The number of fused-ring (bicyclic) bond motifs is 1. The van der Waals surface area contributed by atoms with Crippen LogP contribution in [0, 0.1) is 3.57 Å². The van der Waals surface area contributed by atoms with E-state index in [2.05, 4.69) is 51.8 Å². The van der Waals surface area contributed by atoms with Crippen LogP contribution in [-0.4, -0.2) is 4.98 Å². The van der Waals surface area contributed by atoms with Crippen molar-refractivity contribution in [3.8, 4) is 5.75 Å². The number of hydrogen-bond acceptors (Lipinski definition) is 2. The number of rotatable bonds is 3. The summed E-state index contributed by atoms with van der Waals surface area (Å²) in [7, 11) is 0. The minimum Gasteiger partial charge on any atom is -0.487 e. The lowest BCUT2D eigenvalue weighted by Crippen LogP contribution is -1.96. The van der Waals surface area contributed by atoms with Crippen molar-refractivity contribution in [2.24, 2.45) is 0 Å². The molecule has 0 N–H and O–H groups in total. The molecule has 0 fully saturated rings. The van der Waals surface area contributed by atoms with Crippen molar-refractivity contribution in [2.75, 3.05) is 0 Å². The molecule has 0 spiro atoms. The predicted octanol–water partition coefficient (Wildman–Crippen LogP) is 4.42. The van der Waals surface area contributed by atoms with E-state index in [-0.39, 0.29) is 0 Å². The van der Waals surface area contributed by atoms with Crippen LogP contribution in [0.2, 0.25) is 0 Å². The van der Waals surface area contributed by atoms with Crippen LogP contribution in [0.3, 0.4) is 0 Å². The zero-order valence-electron chi connectivity index (χ0n) is 10.2. The van der Waals surface area contributed by atoms with Crippen molar-refractivity contribution in [3.63, 3.8) is 0 Å². The first-order valence-corrected chi connectivity index (χ1v) is 7.12. The Bertz CT molecular complexity index is 697. The first-order valence-electron chi connectivity index (χ1n) is 6.04. The van der Waals surface area contributed by atoms with E-state index < -0.39 is 0 Å². The first-order chi connectivity index (χ1) is 9.33. The highest BCUT2D eigenvalue weighted by atomic mass is 127. The monoisotopic (exact) mass is 361 g/mol. The van der Waals surface area contributed by atoms with Crippen molar-refractivity contribution >= 4 is 33.5 Å². The van der Waals surface area contributed by atoms with Crippen LogP contribution in [0.1, 0.15) is 5.56 Å². The highest BCUT2D eigenvalue weighted by Crippen LogP contribution is 2.25. The Morgan fingerprint density at radius 1 is 1.00 bits per heavy atom. The van der Waals surface area contributed by atoms with Gasteiger partial charge in [-0.3, -0.25) is 4.98 Å². The van der Waals surface area contributed by atoms with E-state index in [9.17, 15) is 0 Å². The SMILES string of the molecule is Ic1cnc2c(OCc3ccccc3)cccc2c1. The summed E-state index contributed by atoms with van der Waals surface area (Å²) in [6, 6.07) is 18.3. The Morgan fingerprint density at radius 2 is 1.84 bits per heavy atom. The van der Waals surface area contributed by atoms with Gasteiger partial charge in [0.1, 0.15) is 17.9 Å². The van der Waals surface area contributed by atoms with Gasteiger partial charge in [0.25, 0.3) is 0 Å². The molecule has 0 aliphatic heterocycles. The Hall–Kier alpha value is -1.62. The third-order valence-electron chi connectivity index (χ3n) is 2.88. The molecular formula is C16H12INO. The Kier molecular flexibility index (Phi) is 3.64. The van der Waals surface area contributed by atoms with Crippen molar-refractivity contribution < 1.29 is 4.74 Å². The molecule has 1 heterocycles. The molecule has 0 unspecified atom stereocenters. The molecule has 0 saturated carbocycles. The van der Waals surface area contributed by atoms with E-state index >= 15 is 0 Å². The Balaban J connectivity index is 1.89. The van der Waals surface area contributed by atoms with E-state index in [1.165, 1.54) is 0 Å². The van der Waals surface area contributed by atoms with Crippen LogP contribution in [0.15, 0.2) is 60.8 Å². The van der Waals surface area contributed by atoms with Gasteiger partial charge in [0.05, 0.1) is 0 Å². The van der Waals surface area contributed by atoms with Crippen molar-refractivity contribution in [1.82, 2.24) is 4.98 Å². The summed E-state index contributed by atoms with van der Waals surface area (Å²) in [6.45, 7) is 0.563. The summed E-state index contributed by atoms with van der Waals surface area (Å²) in [5.41, 5.74) is 2.07. The zero-order chi connectivity index (χ0) is 13.1. The lowest BCUT2D eigenvalue weighted by molar-refractivity contribution is 0.309. The smallest absolute Gasteiger partial charge is 0.146 e. The molecule has 94 valence electrons. The lowest BCUT2D eigenvalue weighted by atomic mass is 10.2. The average molecular weight is 361 g/mol. The molecular weight excluding hydrogens is 349 g/mol. The third kappa shape index (κ3) is 2.87. The fourth-order valence-corrected chi connectivity index (χ4v) is 2.43. The average Bonchev–Trinajstić information content (AvgIpc) is 2.45. The molecule has 3 rings (SSSR count). The second kappa shape index (κ2) is 5.57. The van der Waals surface area contributed by atoms with Crippen LogP contribution in [0.4, 0.5) is 0 Å². The number of nitrogens with zero attached hydrogens (tertiary/aromatic N) is 1. The summed E-state index contributed by atoms with van der Waals surface area (Å²) in [4.78, 5) is 4.46. The second-order valence-corrected chi connectivity index (χ2v) is 5.50. The summed E-state index contributed by atoms with van der Waals surface area (Å²) in [5.74, 6) is 0.831. The maximum atomic E-state index is 5.88. The molecule has 0 aliphatic rings. The van der Waals surface area contributed by atoms with Crippen molar-refractivity contribution in [2.45, 2.75) is 6.61 Å². The molecule has 0 amide bonds. The summed E-state index contributed by atoms with van der Waals surface area (Å²) in [5, 5.41) is 1.11. The number of halogens is 1. The van der Waals surface area contributed by atoms with Gasteiger partial charge in [-0.05, 0) is 40.3 Å². The molecule has 0 saturated heterocycles. The van der Waals surface area contributed by atoms with Gasteiger partial charge in [0.15, 0.2) is 0 Å². The van der Waals surface area contributed by atoms with Crippen LogP contribution in [0.25, 0.3) is 10.9 Å². The van der Waals surface area contributed by atoms with E-state index in [0.717, 1.165) is 25.8 Å². The number of pyridine rings is 1. The zero-order valence-corrected chi connectivity index (χ0v) is 12.4. The number of hydrogen-bond donors (Lipinski definition) is 0. The largest absolute Gasteiger partial charge is 0.487 e. The van der Waals surface area contributed by atoms with Crippen LogP contribution in [-0.2, 0) is 6.61 Å². The summed E-state index contributed by atoms with van der Waals surface area (Å²) >= 11 is 2.27. The van der Waals surface area contributed by atoms with Gasteiger partial charge >= 0.3 is 0 Å². The maximum Gasteiger partial charge on any atom is 0.146 e. The molecule has 0 aliphatic carbocycles. The molecule has 19 heavy (non-hydrogen) atoms. The van der Waals surface area contributed by atoms with Gasteiger partial charge in [0.2, 0.25) is 0 Å². The molecule has 0 atom stereocenters.